The van der Waals surface area contributed by atoms with Gasteiger partial charge in [-0.3, -0.25) is 4.98 Å². The van der Waals surface area contributed by atoms with Gasteiger partial charge in [0.05, 0.1) is 22.5 Å². The zero-order chi connectivity index (χ0) is 13.2. The average Bonchev–Trinajstić information content (AvgIpc) is 2.73. The number of hydrogen-bond acceptors (Lipinski definition) is 5. The molecule has 2 N–H and O–H groups in total. The van der Waals surface area contributed by atoms with Crippen LogP contribution in [0.4, 0.5) is 5.69 Å². The number of anilines is 1. The molecule has 7 heteroatoms. The molecule has 2 rings (SSSR count). The van der Waals surface area contributed by atoms with E-state index in [4.69, 9.17) is 5.73 Å². The molecule has 0 aliphatic carbocycles. The predicted molar refractivity (Wildman–Crippen MR) is 67.7 cm³/mol. The minimum Gasteiger partial charge on any atom is -0.396 e. The van der Waals surface area contributed by atoms with Gasteiger partial charge in [-0.2, -0.15) is 0 Å². The highest BCUT2D eigenvalue weighted by Gasteiger charge is 2.17. The van der Waals surface area contributed by atoms with Gasteiger partial charge >= 0.3 is 0 Å². The van der Waals surface area contributed by atoms with Crippen molar-refractivity contribution in [1.29, 1.82) is 0 Å². The van der Waals surface area contributed by atoms with Crippen LogP contribution in [0.15, 0.2) is 35.7 Å². The lowest BCUT2D eigenvalue weighted by Gasteiger charge is -2.08. The maximum absolute atomic E-state index is 12.1. The van der Waals surface area contributed by atoms with Crippen LogP contribution < -0.4 is 5.73 Å². The second-order valence-electron chi connectivity index (χ2n) is 3.90. The summed E-state index contributed by atoms with van der Waals surface area (Å²) in [5.74, 6) is 0.770. The molecule has 6 nitrogen and oxygen atoms in total. The van der Waals surface area contributed by atoms with Gasteiger partial charge in [0.2, 0.25) is 0 Å². The molecule has 0 aromatic carbocycles. The molecule has 2 aromatic heterocycles. The topological polar surface area (TPSA) is 90.9 Å². The van der Waals surface area contributed by atoms with Crippen LogP contribution in [0.3, 0.4) is 0 Å². The molecule has 0 spiro atoms. The third-order valence-corrected chi connectivity index (χ3v) is 4.43. The standard InChI is InChI=1S/C11H14N4O2S/c1-9-14-4-5-15(9)6-7-18(16,17)11-2-3-13-8-10(11)12/h2-5,8H,6-7,12H2,1H3. The van der Waals surface area contributed by atoms with Crippen molar-refractivity contribution in [1.82, 2.24) is 14.5 Å². The normalized spacial score (nSPS) is 11.6. The second-order valence-corrected chi connectivity index (χ2v) is 5.98. The molecule has 2 aromatic rings. The van der Waals surface area contributed by atoms with Crippen molar-refractivity contribution in [3.8, 4) is 0 Å². The van der Waals surface area contributed by atoms with Crippen LogP contribution in [0.1, 0.15) is 5.82 Å². The van der Waals surface area contributed by atoms with Gasteiger partial charge in [0.15, 0.2) is 9.84 Å². The fraction of sp³-hybridized carbons (Fsp3) is 0.273. The third kappa shape index (κ3) is 2.51. The Balaban J connectivity index is 2.19. The first-order valence-corrected chi connectivity index (χ1v) is 7.06. The predicted octanol–water partition coefficient (Wildman–Crippen LogP) is 0.643. The second kappa shape index (κ2) is 4.77. The maximum Gasteiger partial charge on any atom is 0.182 e. The van der Waals surface area contributed by atoms with Crippen LogP contribution in [0.2, 0.25) is 0 Å². The van der Waals surface area contributed by atoms with Crippen LogP contribution in [-0.2, 0) is 16.4 Å². The van der Waals surface area contributed by atoms with Crippen LogP contribution >= 0.6 is 0 Å². The van der Waals surface area contributed by atoms with Gasteiger partial charge in [0.25, 0.3) is 0 Å². The SMILES string of the molecule is Cc1nccn1CCS(=O)(=O)c1ccncc1N. The van der Waals surface area contributed by atoms with Gasteiger partial charge in [-0.15, -0.1) is 0 Å². The number of sulfone groups is 1. The largest absolute Gasteiger partial charge is 0.396 e. The molecule has 0 bridgehead atoms. The molecule has 96 valence electrons. The Morgan fingerprint density at radius 1 is 1.39 bits per heavy atom. The van der Waals surface area contributed by atoms with Gasteiger partial charge < -0.3 is 10.3 Å². The molecule has 0 amide bonds. The summed E-state index contributed by atoms with van der Waals surface area (Å²) in [4.78, 5) is 7.95. The number of imidazole rings is 1. The summed E-state index contributed by atoms with van der Waals surface area (Å²) in [6.45, 7) is 2.18. The number of aromatic nitrogens is 3. The van der Waals surface area contributed by atoms with Crippen LogP contribution in [0.5, 0.6) is 0 Å². The summed E-state index contributed by atoms with van der Waals surface area (Å²) in [7, 11) is -3.40. The molecular weight excluding hydrogens is 252 g/mol. The van der Waals surface area contributed by atoms with Crippen LogP contribution in [-0.4, -0.2) is 28.7 Å². The van der Waals surface area contributed by atoms with Gasteiger partial charge in [0.1, 0.15) is 5.82 Å². The molecule has 0 aliphatic heterocycles. The number of aryl methyl sites for hydroxylation is 2. The molecule has 0 fully saturated rings. The number of rotatable bonds is 4. The van der Waals surface area contributed by atoms with Crippen molar-refractivity contribution in [3.63, 3.8) is 0 Å². The molecule has 0 unspecified atom stereocenters. The summed E-state index contributed by atoms with van der Waals surface area (Å²) in [6, 6.07) is 1.42. The zero-order valence-electron chi connectivity index (χ0n) is 9.94. The van der Waals surface area contributed by atoms with E-state index < -0.39 is 9.84 Å². The van der Waals surface area contributed by atoms with E-state index in [0.717, 1.165) is 5.82 Å². The number of hydrogen-bond donors (Lipinski definition) is 1. The van der Waals surface area contributed by atoms with E-state index in [1.54, 1.807) is 17.0 Å². The first-order valence-electron chi connectivity index (χ1n) is 5.41. The highest BCUT2D eigenvalue weighted by atomic mass is 32.2. The van der Waals surface area contributed by atoms with Crippen molar-refractivity contribution in [3.05, 3.63) is 36.7 Å². The number of nitrogen functional groups attached to an aromatic ring is 1. The molecule has 2 heterocycles. The van der Waals surface area contributed by atoms with E-state index in [-0.39, 0.29) is 16.3 Å². The van der Waals surface area contributed by atoms with E-state index in [1.165, 1.54) is 18.5 Å². The van der Waals surface area contributed by atoms with E-state index in [0.29, 0.717) is 6.54 Å². The molecule has 0 atom stereocenters. The molecule has 0 aliphatic rings. The minimum absolute atomic E-state index is 0.0155. The van der Waals surface area contributed by atoms with Crippen LogP contribution in [0, 0.1) is 6.92 Å². The van der Waals surface area contributed by atoms with Gasteiger partial charge in [-0.05, 0) is 13.0 Å². The summed E-state index contributed by atoms with van der Waals surface area (Å²) >= 11 is 0. The molecular formula is C11H14N4O2S. The lowest BCUT2D eigenvalue weighted by Crippen LogP contribution is -2.15. The summed E-state index contributed by atoms with van der Waals surface area (Å²) in [5.41, 5.74) is 5.81. The summed E-state index contributed by atoms with van der Waals surface area (Å²) in [6.07, 6.45) is 6.16. The van der Waals surface area contributed by atoms with Gasteiger partial charge in [0, 0.05) is 25.1 Å². The Morgan fingerprint density at radius 2 is 2.17 bits per heavy atom. The van der Waals surface area contributed by atoms with Gasteiger partial charge in [-0.25, -0.2) is 13.4 Å². The molecule has 18 heavy (non-hydrogen) atoms. The first kappa shape index (κ1) is 12.6. The Morgan fingerprint density at radius 3 is 2.78 bits per heavy atom. The number of nitrogens with zero attached hydrogens (tertiary/aromatic N) is 3. The monoisotopic (exact) mass is 266 g/mol. The molecule has 0 radical (unpaired) electrons. The Labute approximate surface area is 105 Å². The first-order chi connectivity index (χ1) is 8.50. The Hall–Kier alpha value is -1.89. The highest BCUT2D eigenvalue weighted by molar-refractivity contribution is 7.91. The van der Waals surface area contributed by atoms with E-state index in [2.05, 4.69) is 9.97 Å². The smallest absolute Gasteiger partial charge is 0.182 e. The lowest BCUT2D eigenvalue weighted by molar-refractivity contribution is 0.588. The van der Waals surface area contributed by atoms with Crippen molar-refractivity contribution in [2.75, 3.05) is 11.5 Å². The van der Waals surface area contributed by atoms with E-state index in [1.807, 2.05) is 6.92 Å². The van der Waals surface area contributed by atoms with Crippen molar-refractivity contribution in [2.24, 2.45) is 0 Å². The van der Waals surface area contributed by atoms with Crippen molar-refractivity contribution >= 4 is 15.5 Å². The average molecular weight is 266 g/mol. The highest BCUT2D eigenvalue weighted by Crippen LogP contribution is 2.17. The fourth-order valence-electron chi connectivity index (χ4n) is 1.65. The van der Waals surface area contributed by atoms with Crippen molar-refractivity contribution in [2.45, 2.75) is 18.4 Å². The van der Waals surface area contributed by atoms with E-state index in [9.17, 15) is 8.42 Å². The number of nitrogens with two attached hydrogens (primary N) is 1. The Bertz CT molecular complexity index is 649. The maximum atomic E-state index is 12.1. The lowest BCUT2D eigenvalue weighted by atomic mass is 10.4. The van der Waals surface area contributed by atoms with Crippen LogP contribution in [0.25, 0.3) is 0 Å². The van der Waals surface area contributed by atoms with Crippen molar-refractivity contribution < 1.29 is 8.42 Å². The number of pyridine rings is 1. The summed E-state index contributed by atoms with van der Waals surface area (Å²) < 4.78 is 26.0. The van der Waals surface area contributed by atoms with Gasteiger partial charge in [-0.1, -0.05) is 0 Å². The fourth-order valence-corrected chi connectivity index (χ4v) is 2.98. The summed E-state index contributed by atoms with van der Waals surface area (Å²) in [5, 5.41) is 0. The van der Waals surface area contributed by atoms with E-state index >= 15 is 0 Å². The Kier molecular flexibility index (Phi) is 3.33. The molecule has 0 saturated carbocycles. The zero-order valence-corrected chi connectivity index (χ0v) is 10.8. The quantitative estimate of drug-likeness (QED) is 0.877. The molecule has 0 saturated heterocycles. The minimum atomic E-state index is -3.40. The third-order valence-electron chi connectivity index (χ3n) is 2.67.